The molecule has 0 fully saturated rings. The first kappa shape index (κ1) is 17.0. The number of para-hydroxylation sites is 2. The van der Waals surface area contributed by atoms with Crippen molar-refractivity contribution in [3.63, 3.8) is 0 Å². The van der Waals surface area contributed by atoms with E-state index in [0.29, 0.717) is 29.2 Å². The number of aliphatic imine (C=N–C) groups is 1. The van der Waals surface area contributed by atoms with Gasteiger partial charge in [-0.05, 0) is 41.2 Å². The van der Waals surface area contributed by atoms with Crippen molar-refractivity contribution < 1.29 is 10.2 Å². The summed E-state index contributed by atoms with van der Waals surface area (Å²) in [5, 5.41) is 22.8. The van der Waals surface area contributed by atoms with E-state index in [1.54, 1.807) is 30.3 Å². The minimum atomic E-state index is -0.668. The van der Waals surface area contributed by atoms with Crippen LogP contribution in [0.4, 0.5) is 11.4 Å². The predicted octanol–water partition coefficient (Wildman–Crippen LogP) is 2.89. The second-order valence-corrected chi connectivity index (χ2v) is 7.05. The number of aromatic nitrogens is 1. The first-order valence-electron chi connectivity index (χ1n) is 8.20. The average Bonchev–Trinajstić information content (AvgIpc) is 2.81. The molecular formula is C19H15N3O4S. The molecule has 4 rings (SSSR count). The number of hydrogen-bond acceptors (Lipinski definition) is 7. The zero-order chi connectivity index (χ0) is 19.0. The van der Waals surface area contributed by atoms with E-state index < -0.39 is 10.4 Å². The normalized spacial score (nSPS) is 16.0. The lowest BCUT2D eigenvalue weighted by atomic mass is 9.98. The first-order valence-corrected chi connectivity index (χ1v) is 9.02. The quantitative estimate of drug-likeness (QED) is 0.545. The number of nitrogens with one attached hydrogen (secondary N) is 2. The van der Waals surface area contributed by atoms with Crippen LogP contribution in [0.3, 0.4) is 0 Å². The fraction of sp³-hybridized carbons (Fsp3) is 0.105. The zero-order valence-corrected chi connectivity index (χ0v) is 14.8. The topological polar surface area (TPSA) is 115 Å². The highest BCUT2D eigenvalue weighted by Crippen LogP contribution is 2.36. The molecule has 7 nitrogen and oxygen atoms in total. The van der Waals surface area contributed by atoms with Gasteiger partial charge in [0.1, 0.15) is 11.3 Å². The van der Waals surface area contributed by atoms with Gasteiger partial charge < -0.3 is 15.5 Å². The molecule has 1 atom stereocenters. The van der Waals surface area contributed by atoms with E-state index in [0.717, 1.165) is 11.3 Å². The van der Waals surface area contributed by atoms with Crippen LogP contribution in [-0.4, -0.2) is 20.9 Å². The minimum absolute atomic E-state index is 0.00174. The van der Waals surface area contributed by atoms with Crippen LogP contribution in [0.2, 0.25) is 0 Å². The Balaban J connectivity index is 1.88. The van der Waals surface area contributed by atoms with Crippen molar-refractivity contribution in [2.45, 2.75) is 12.5 Å². The SMILES string of the molecule is O=c1[nH]c(=O)c(C2=Nc3ccccc3N[C@@H](c3ccc(O)cc3)C2)c(O)s1. The Morgan fingerprint density at radius 2 is 1.78 bits per heavy atom. The van der Waals surface area contributed by atoms with E-state index in [1.165, 1.54) is 0 Å². The molecule has 1 aliphatic heterocycles. The van der Waals surface area contributed by atoms with E-state index in [-0.39, 0.29) is 22.4 Å². The highest BCUT2D eigenvalue weighted by Gasteiger charge is 2.25. The molecule has 1 aromatic heterocycles. The van der Waals surface area contributed by atoms with Crippen LogP contribution in [0.5, 0.6) is 10.8 Å². The van der Waals surface area contributed by atoms with Gasteiger partial charge >= 0.3 is 4.87 Å². The summed E-state index contributed by atoms with van der Waals surface area (Å²) >= 11 is 0.564. The highest BCUT2D eigenvalue weighted by molar-refractivity contribution is 7.11. The second kappa shape index (κ2) is 6.73. The van der Waals surface area contributed by atoms with E-state index in [4.69, 9.17) is 0 Å². The van der Waals surface area contributed by atoms with Gasteiger partial charge in [0, 0.05) is 6.42 Å². The number of aromatic amines is 1. The van der Waals surface area contributed by atoms with Crippen molar-refractivity contribution in [1.82, 2.24) is 4.98 Å². The van der Waals surface area contributed by atoms with Crippen LogP contribution >= 0.6 is 11.3 Å². The van der Waals surface area contributed by atoms with Gasteiger partial charge in [0.2, 0.25) is 0 Å². The molecule has 0 saturated carbocycles. The average molecular weight is 381 g/mol. The van der Waals surface area contributed by atoms with Gasteiger partial charge in [0.25, 0.3) is 5.56 Å². The summed E-state index contributed by atoms with van der Waals surface area (Å²) in [7, 11) is 0. The lowest BCUT2D eigenvalue weighted by molar-refractivity contribution is 0.475. The summed E-state index contributed by atoms with van der Waals surface area (Å²) in [6.07, 6.45) is 0.307. The molecule has 0 spiro atoms. The van der Waals surface area contributed by atoms with E-state index >= 15 is 0 Å². The highest BCUT2D eigenvalue weighted by atomic mass is 32.1. The number of nitrogens with zero attached hydrogens (tertiary/aromatic N) is 1. The molecule has 0 unspecified atom stereocenters. The fourth-order valence-electron chi connectivity index (χ4n) is 3.05. The molecular weight excluding hydrogens is 366 g/mol. The molecule has 0 radical (unpaired) electrons. The monoisotopic (exact) mass is 381 g/mol. The molecule has 27 heavy (non-hydrogen) atoms. The second-order valence-electron chi connectivity index (χ2n) is 6.09. The van der Waals surface area contributed by atoms with Crippen molar-refractivity contribution in [2.75, 3.05) is 5.32 Å². The van der Waals surface area contributed by atoms with Crippen LogP contribution in [0.25, 0.3) is 0 Å². The Morgan fingerprint density at radius 1 is 1.04 bits per heavy atom. The van der Waals surface area contributed by atoms with Gasteiger partial charge in [-0.3, -0.25) is 19.6 Å². The Morgan fingerprint density at radius 3 is 2.52 bits per heavy atom. The van der Waals surface area contributed by atoms with Crippen LogP contribution < -0.4 is 15.7 Å². The number of anilines is 1. The third-order valence-corrected chi connectivity index (χ3v) is 5.00. The predicted molar refractivity (Wildman–Crippen MR) is 105 cm³/mol. The van der Waals surface area contributed by atoms with Crippen LogP contribution in [-0.2, 0) is 0 Å². The van der Waals surface area contributed by atoms with E-state index in [2.05, 4.69) is 15.3 Å². The molecule has 2 aromatic carbocycles. The molecule has 2 heterocycles. The largest absolute Gasteiger partial charge is 0.508 e. The van der Waals surface area contributed by atoms with Crippen molar-refractivity contribution in [3.8, 4) is 10.8 Å². The number of phenols is 1. The Labute approximate surface area is 157 Å². The molecule has 0 aliphatic carbocycles. The Hall–Kier alpha value is -3.39. The van der Waals surface area contributed by atoms with Crippen molar-refractivity contribution in [1.29, 1.82) is 0 Å². The van der Waals surface area contributed by atoms with E-state index in [9.17, 15) is 19.8 Å². The van der Waals surface area contributed by atoms with Gasteiger partial charge in [-0.1, -0.05) is 24.3 Å². The van der Waals surface area contributed by atoms with Gasteiger partial charge in [-0.2, -0.15) is 0 Å². The van der Waals surface area contributed by atoms with Crippen molar-refractivity contribution >= 4 is 28.4 Å². The number of fused-ring (bicyclic) bond motifs is 1. The van der Waals surface area contributed by atoms with Crippen molar-refractivity contribution in [3.05, 3.63) is 79.7 Å². The fourth-order valence-corrected chi connectivity index (χ4v) is 3.69. The molecule has 3 aromatic rings. The van der Waals surface area contributed by atoms with Gasteiger partial charge in [-0.15, -0.1) is 0 Å². The lowest BCUT2D eigenvalue weighted by Gasteiger charge is -2.19. The molecule has 0 amide bonds. The summed E-state index contributed by atoms with van der Waals surface area (Å²) in [5.41, 5.74) is 2.01. The molecule has 136 valence electrons. The van der Waals surface area contributed by atoms with Gasteiger partial charge in [0.15, 0.2) is 5.06 Å². The number of aromatic hydroxyl groups is 2. The molecule has 4 N–H and O–H groups in total. The maximum atomic E-state index is 12.3. The third kappa shape index (κ3) is 3.34. The summed E-state index contributed by atoms with van der Waals surface area (Å²) in [6, 6.07) is 13.9. The van der Waals surface area contributed by atoms with E-state index in [1.807, 2.05) is 18.2 Å². The Kier molecular flexibility index (Phi) is 4.25. The standard InChI is InChI=1S/C19H15N3O4S/c23-11-7-5-10(6-8-11)14-9-15(16-17(24)22-19(26)27-18(16)25)21-13-4-2-1-3-12(13)20-14/h1-8,14,20,23,25H,9H2,(H,22,24,26)/t14-/m1/s1. The zero-order valence-electron chi connectivity index (χ0n) is 14.0. The number of benzene rings is 2. The maximum Gasteiger partial charge on any atom is 0.310 e. The van der Waals surface area contributed by atoms with Crippen LogP contribution in [0.15, 0.2) is 63.1 Å². The maximum absolute atomic E-state index is 12.3. The smallest absolute Gasteiger partial charge is 0.310 e. The summed E-state index contributed by atoms with van der Waals surface area (Å²) in [6.45, 7) is 0. The number of rotatable bonds is 2. The molecule has 1 aliphatic rings. The van der Waals surface area contributed by atoms with Crippen molar-refractivity contribution in [2.24, 2.45) is 4.99 Å². The molecule has 0 bridgehead atoms. The number of hydrogen-bond donors (Lipinski definition) is 4. The summed E-state index contributed by atoms with van der Waals surface area (Å²) in [5.74, 6) is 0.156. The minimum Gasteiger partial charge on any atom is -0.508 e. The first-order chi connectivity index (χ1) is 13.0. The molecule has 8 heteroatoms. The van der Waals surface area contributed by atoms with Gasteiger partial charge in [0.05, 0.1) is 23.1 Å². The third-order valence-electron chi connectivity index (χ3n) is 4.32. The van der Waals surface area contributed by atoms with Crippen LogP contribution in [0, 0.1) is 0 Å². The number of H-pyrrole nitrogens is 1. The summed E-state index contributed by atoms with van der Waals surface area (Å²) in [4.78, 5) is 29.9. The Bertz CT molecular complexity index is 1150. The lowest BCUT2D eigenvalue weighted by Crippen LogP contribution is -2.25. The number of phenolic OH excluding ortho intramolecular Hbond substituents is 1. The van der Waals surface area contributed by atoms with Crippen LogP contribution in [0.1, 0.15) is 23.6 Å². The molecule has 0 saturated heterocycles. The van der Waals surface area contributed by atoms with Gasteiger partial charge in [-0.25, -0.2) is 0 Å². The summed E-state index contributed by atoms with van der Waals surface area (Å²) < 4.78 is 0.